The lowest BCUT2D eigenvalue weighted by molar-refractivity contribution is 0.700. The van der Waals surface area contributed by atoms with Crippen molar-refractivity contribution < 1.29 is 0 Å². The van der Waals surface area contributed by atoms with Gasteiger partial charge in [0, 0.05) is 0 Å². The van der Waals surface area contributed by atoms with E-state index >= 15 is 0 Å². The van der Waals surface area contributed by atoms with Crippen molar-refractivity contribution in [2.24, 2.45) is 0 Å². The van der Waals surface area contributed by atoms with Crippen molar-refractivity contribution in [3.05, 3.63) is 0 Å². The molecule has 0 radical (unpaired) electrons. The predicted molar refractivity (Wildman–Crippen MR) is 63.5 cm³/mol. The van der Waals surface area contributed by atoms with Crippen LogP contribution in [0.4, 0.5) is 0 Å². The van der Waals surface area contributed by atoms with Gasteiger partial charge in [-0.1, -0.05) is 39.2 Å². The maximum Gasteiger partial charge on any atom is 0.193 e. The molecule has 0 spiro atoms. The average Bonchev–Trinajstić information content (AvgIpc) is 1.78. The minimum absolute atomic E-state index is 0.925. The Morgan fingerprint density at radius 1 is 1.30 bits per heavy atom. The summed E-state index contributed by atoms with van der Waals surface area (Å²) in [4.78, 5) is 0. The molecular formula is C7H16BrISi. The van der Waals surface area contributed by atoms with Crippen molar-refractivity contribution in [2.45, 2.75) is 45.2 Å². The van der Waals surface area contributed by atoms with Gasteiger partial charge < -0.3 is 0 Å². The largest absolute Gasteiger partial charge is 0.193 e. The van der Waals surface area contributed by atoms with Crippen LogP contribution in [-0.2, 0) is 0 Å². The van der Waals surface area contributed by atoms with Crippen molar-refractivity contribution >= 4 is 41.3 Å². The van der Waals surface area contributed by atoms with E-state index in [4.69, 9.17) is 0 Å². The fraction of sp³-hybridized carbons (Fsp3) is 1.00. The maximum atomic E-state index is 3.76. The first-order valence-corrected chi connectivity index (χ1v) is 12.0. The standard InChI is InChI=1S/C7H16BrISi/c1-3-4-5-6-7-10(2,8)9/h3-7H2,1-2H3. The third-order valence-electron chi connectivity index (χ3n) is 1.47. The maximum absolute atomic E-state index is 3.76. The van der Waals surface area contributed by atoms with E-state index in [-0.39, 0.29) is 0 Å². The van der Waals surface area contributed by atoms with E-state index in [1.807, 2.05) is 0 Å². The summed E-state index contributed by atoms with van der Waals surface area (Å²) in [5, 5.41) is 0. The molecule has 0 heterocycles. The lowest BCUT2D eigenvalue weighted by atomic mass is 10.2. The van der Waals surface area contributed by atoms with Gasteiger partial charge in [0.05, 0.1) is 0 Å². The van der Waals surface area contributed by atoms with E-state index < -0.39 is 4.19 Å². The minimum atomic E-state index is -0.925. The lowest BCUT2D eigenvalue weighted by Crippen LogP contribution is -2.09. The van der Waals surface area contributed by atoms with E-state index in [2.05, 4.69) is 50.6 Å². The number of hydrogen-bond donors (Lipinski definition) is 0. The first-order valence-electron chi connectivity index (χ1n) is 3.94. The van der Waals surface area contributed by atoms with E-state index in [9.17, 15) is 0 Å². The average molecular weight is 335 g/mol. The summed E-state index contributed by atoms with van der Waals surface area (Å²) in [7, 11) is 0. The summed E-state index contributed by atoms with van der Waals surface area (Å²) >= 11 is 6.34. The van der Waals surface area contributed by atoms with Gasteiger partial charge in [0.25, 0.3) is 0 Å². The van der Waals surface area contributed by atoms with Crippen LogP contribution in [0.15, 0.2) is 0 Å². The number of unbranched alkanes of at least 4 members (excludes halogenated alkanes) is 3. The smallest absolute Gasteiger partial charge is 0.112 e. The van der Waals surface area contributed by atoms with E-state index in [1.54, 1.807) is 0 Å². The molecule has 1 atom stereocenters. The summed E-state index contributed by atoms with van der Waals surface area (Å²) in [5.41, 5.74) is 0. The molecule has 10 heavy (non-hydrogen) atoms. The predicted octanol–water partition coefficient (Wildman–Crippen LogP) is 4.47. The second-order valence-corrected chi connectivity index (χ2v) is 22.4. The molecule has 62 valence electrons. The Morgan fingerprint density at radius 2 is 1.90 bits per heavy atom. The van der Waals surface area contributed by atoms with Crippen molar-refractivity contribution in [3.63, 3.8) is 0 Å². The molecule has 0 nitrogen and oxygen atoms in total. The van der Waals surface area contributed by atoms with Crippen molar-refractivity contribution in [1.29, 1.82) is 0 Å². The van der Waals surface area contributed by atoms with Crippen LogP contribution in [0.1, 0.15) is 32.6 Å². The van der Waals surface area contributed by atoms with Gasteiger partial charge in [-0.15, -0.1) is 37.1 Å². The second-order valence-electron chi connectivity index (χ2n) is 2.88. The number of hydrogen-bond acceptors (Lipinski definition) is 0. The van der Waals surface area contributed by atoms with Gasteiger partial charge in [-0.3, -0.25) is 0 Å². The number of halogens is 2. The van der Waals surface area contributed by atoms with Gasteiger partial charge in [0.1, 0.15) is 0 Å². The summed E-state index contributed by atoms with van der Waals surface area (Å²) < 4.78 is -0.925. The molecule has 0 aromatic carbocycles. The van der Waals surface area contributed by atoms with Gasteiger partial charge in [0.15, 0.2) is 4.19 Å². The minimum Gasteiger partial charge on any atom is -0.112 e. The van der Waals surface area contributed by atoms with Gasteiger partial charge in [-0.05, 0) is 6.04 Å². The fourth-order valence-electron chi connectivity index (χ4n) is 0.862. The zero-order valence-electron chi connectivity index (χ0n) is 6.79. The second kappa shape index (κ2) is 6.00. The van der Waals surface area contributed by atoms with Crippen molar-refractivity contribution in [3.8, 4) is 0 Å². The summed E-state index contributed by atoms with van der Waals surface area (Å²) in [6, 6.07) is 1.42. The highest BCUT2D eigenvalue weighted by Crippen LogP contribution is 2.27. The molecule has 0 bridgehead atoms. The van der Waals surface area contributed by atoms with Crippen molar-refractivity contribution in [2.75, 3.05) is 0 Å². The van der Waals surface area contributed by atoms with E-state index in [0.717, 1.165) is 0 Å². The van der Waals surface area contributed by atoms with Crippen molar-refractivity contribution in [1.82, 2.24) is 0 Å². The van der Waals surface area contributed by atoms with Crippen LogP contribution in [0.2, 0.25) is 12.6 Å². The Hall–Kier alpha value is 1.43. The zero-order valence-corrected chi connectivity index (χ0v) is 11.5. The first-order chi connectivity index (χ1) is 4.56. The van der Waals surface area contributed by atoms with Crippen LogP contribution in [0.3, 0.4) is 0 Å². The van der Waals surface area contributed by atoms with Gasteiger partial charge in [0.2, 0.25) is 0 Å². The highest BCUT2D eigenvalue weighted by atomic mass is 127. The zero-order chi connectivity index (χ0) is 8.04. The Kier molecular flexibility index (Phi) is 6.86. The normalized spacial score (nSPS) is 16.8. The molecule has 3 heteroatoms. The molecule has 0 aliphatic carbocycles. The highest BCUT2D eigenvalue weighted by molar-refractivity contribution is 14.1. The molecular weight excluding hydrogens is 319 g/mol. The van der Waals surface area contributed by atoms with Crippen LogP contribution in [0.25, 0.3) is 0 Å². The Bertz CT molecular complexity index is 80.2. The number of rotatable bonds is 5. The van der Waals surface area contributed by atoms with E-state index in [0.29, 0.717) is 0 Å². The highest BCUT2D eigenvalue weighted by Gasteiger charge is 2.17. The fourth-order valence-corrected chi connectivity index (χ4v) is 3.72. The molecule has 0 aliphatic heterocycles. The van der Waals surface area contributed by atoms with Crippen LogP contribution < -0.4 is 0 Å². The summed E-state index contributed by atoms with van der Waals surface area (Å²) in [6.07, 6.45) is 5.61. The molecule has 0 saturated carbocycles. The monoisotopic (exact) mass is 334 g/mol. The summed E-state index contributed by atoms with van der Waals surface area (Å²) in [5.74, 6) is 0. The van der Waals surface area contributed by atoms with E-state index in [1.165, 1.54) is 31.7 Å². The van der Waals surface area contributed by atoms with Gasteiger partial charge in [-0.25, -0.2) is 0 Å². The molecule has 1 unspecified atom stereocenters. The lowest BCUT2D eigenvalue weighted by Gasteiger charge is -2.09. The van der Waals surface area contributed by atoms with Crippen LogP contribution in [-0.4, -0.2) is 4.19 Å². The third kappa shape index (κ3) is 9.43. The molecule has 0 fully saturated rings. The molecule has 0 saturated heterocycles. The Labute approximate surface area is 86.0 Å². The Balaban J connectivity index is 3.04. The molecule has 0 rings (SSSR count). The molecule has 0 aromatic heterocycles. The van der Waals surface area contributed by atoms with Gasteiger partial charge >= 0.3 is 0 Å². The van der Waals surface area contributed by atoms with Crippen LogP contribution in [0, 0.1) is 0 Å². The van der Waals surface area contributed by atoms with Crippen LogP contribution >= 0.6 is 37.1 Å². The topological polar surface area (TPSA) is 0 Å². The van der Waals surface area contributed by atoms with Crippen LogP contribution in [0.5, 0.6) is 0 Å². The summed E-state index contributed by atoms with van der Waals surface area (Å²) in [6.45, 7) is 4.62. The quantitative estimate of drug-likeness (QED) is 0.301. The molecule has 0 amide bonds. The third-order valence-corrected chi connectivity index (χ3v) is 5.51. The molecule has 0 aliphatic rings. The van der Waals surface area contributed by atoms with Gasteiger partial charge in [-0.2, -0.15) is 0 Å². The molecule has 0 N–H and O–H groups in total. The first kappa shape index (κ1) is 11.4. The Morgan fingerprint density at radius 3 is 2.30 bits per heavy atom. The SMILES string of the molecule is CCCCCC[Si](C)(Br)I. The molecule has 0 aromatic rings.